The van der Waals surface area contributed by atoms with Gasteiger partial charge in [0.1, 0.15) is 6.10 Å². The van der Waals surface area contributed by atoms with Crippen molar-refractivity contribution < 1.29 is 15.0 Å². The number of carbonyl (C=O) groups excluding carboxylic acids is 1. The molecule has 2 atom stereocenters. The van der Waals surface area contributed by atoms with Crippen molar-refractivity contribution in [3.05, 3.63) is 24.3 Å². The predicted octanol–water partition coefficient (Wildman–Crippen LogP) is 0.858. The fourth-order valence-electron chi connectivity index (χ4n) is 1.68. The lowest BCUT2D eigenvalue weighted by molar-refractivity contribution is -0.122. The first kappa shape index (κ1) is 12.9. The number of allylic oxidation sites excluding steroid dienone is 4. The molecule has 90 valence electrons. The van der Waals surface area contributed by atoms with Gasteiger partial charge in [0.2, 0.25) is 5.91 Å². The Kier molecular flexibility index (Phi) is 4.71. The number of aliphatic hydroxyl groups excluding tert-OH is 1. The van der Waals surface area contributed by atoms with Crippen LogP contribution in [0.25, 0.3) is 0 Å². The van der Waals surface area contributed by atoms with Crippen LogP contribution in [0.2, 0.25) is 0 Å². The largest absolute Gasteiger partial charge is 0.388 e. The Balaban J connectivity index is 2.31. The summed E-state index contributed by atoms with van der Waals surface area (Å²) < 4.78 is 0. The molecule has 0 aromatic carbocycles. The van der Waals surface area contributed by atoms with Crippen molar-refractivity contribution in [2.75, 3.05) is 0 Å². The quantitative estimate of drug-likeness (QED) is 0.608. The zero-order chi connectivity index (χ0) is 12.0. The summed E-state index contributed by atoms with van der Waals surface area (Å²) in [6, 6.07) is 0. The Labute approximate surface area is 95.7 Å². The van der Waals surface area contributed by atoms with Crippen molar-refractivity contribution >= 4 is 5.91 Å². The molecule has 1 aliphatic heterocycles. The maximum atomic E-state index is 11.0. The normalized spacial score (nSPS) is 30.4. The molecule has 0 saturated carbocycles. The van der Waals surface area contributed by atoms with Crippen LogP contribution in [0.3, 0.4) is 0 Å². The van der Waals surface area contributed by atoms with Gasteiger partial charge in [-0.25, -0.2) is 0 Å². The highest BCUT2D eigenvalue weighted by molar-refractivity contribution is 5.80. The molecule has 0 bridgehead atoms. The highest BCUT2D eigenvalue weighted by atomic mass is 16.4. The summed E-state index contributed by atoms with van der Waals surface area (Å²) in [7, 11) is 0. The number of hydrogen-bond acceptors (Lipinski definition) is 3. The highest BCUT2D eigenvalue weighted by Crippen LogP contribution is 2.23. The van der Waals surface area contributed by atoms with E-state index in [9.17, 15) is 15.0 Å². The van der Waals surface area contributed by atoms with Gasteiger partial charge in [-0.3, -0.25) is 4.79 Å². The number of rotatable bonds is 5. The van der Waals surface area contributed by atoms with E-state index in [0.717, 1.165) is 6.42 Å². The summed E-state index contributed by atoms with van der Waals surface area (Å²) in [6.07, 6.45) is 8.75. The predicted molar refractivity (Wildman–Crippen MR) is 61.5 cm³/mol. The molecule has 1 heterocycles. The van der Waals surface area contributed by atoms with Gasteiger partial charge in [0, 0.05) is 6.42 Å². The summed E-state index contributed by atoms with van der Waals surface area (Å²) in [5.41, 5.74) is -1.44. The van der Waals surface area contributed by atoms with E-state index < -0.39 is 11.8 Å². The SMILES string of the molecule is C/C=C/C/C=C/CC[C@]1(O)NC(=O)C[C@@H]1O. The minimum absolute atomic E-state index is 0.0151. The molecule has 4 nitrogen and oxygen atoms in total. The molecular weight excluding hydrogens is 206 g/mol. The van der Waals surface area contributed by atoms with Gasteiger partial charge in [0.15, 0.2) is 5.72 Å². The average molecular weight is 225 g/mol. The lowest BCUT2D eigenvalue weighted by atomic mass is 10.0. The van der Waals surface area contributed by atoms with Crippen molar-refractivity contribution in [2.24, 2.45) is 0 Å². The van der Waals surface area contributed by atoms with Gasteiger partial charge in [-0.1, -0.05) is 24.3 Å². The topological polar surface area (TPSA) is 69.6 Å². The second-order valence-electron chi connectivity index (χ2n) is 4.01. The molecule has 1 fully saturated rings. The van der Waals surface area contributed by atoms with E-state index in [1.165, 1.54) is 0 Å². The van der Waals surface area contributed by atoms with Gasteiger partial charge < -0.3 is 15.5 Å². The standard InChI is InChI=1S/C12H19NO3/c1-2-3-4-5-6-7-8-12(16)10(14)9-11(15)13-12/h2-3,5-6,10,14,16H,4,7-9H2,1H3,(H,13,15)/b3-2+,6-5+/t10-,12+/m0/s1. The molecule has 1 rings (SSSR count). The van der Waals surface area contributed by atoms with Crippen LogP contribution in [0.4, 0.5) is 0 Å². The van der Waals surface area contributed by atoms with Gasteiger partial charge in [0.25, 0.3) is 0 Å². The molecular formula is C12H19NO3. The Morgan fingerprint density at radius 1 is 1.50 bits per heavy atom. The first-order valence-corrected chi connectivity index (χ1v) is 5.56. The maximum Gasteiger partial charge on any atom is 0.225 e. The van der Waals surface area contributed by atoms with Crippen LogP contribution in [0.15, 0.2) is 24.3 Å². The van der Waals surface area contributed by atoms with Crippen LogP contribution in [0.1, 0.15) is 32.6 Å². The van der Waals surface area contributed by atoms with Crippen molar-refractivity contribution in [1.29, 1.82) is 0 Å². The molecule has 0 aromatic heterocycles. The molecule has 0 unspecified atom stereocenters. The molecule has 0 aliphatic carbocycles. The zero-order valence-electron chi connectivity index (χ0n) is 9.52. The third kappa shape index (κ3) is 3.47. The summed E-state index contributed by atoms with van der Waals surface area (Å²) in [6.45, 7) is 1.96. The van der Waals surface area contributed by atoms with Crippen molar-refractivity contribution in [2.45, 2.75) is 44.4 Å². The highest BCUT2D eigenvalue weighted by Gasteiger charge is 2.43. The van der Waals surface area contributed by atoms with Crippen LogP contribution in [0.5, 0.6) is 0 Å². The smallest absolute Gasteiger partial charge is 0.225 e. The Hall–Kier alpha value is -1.13. The van der Waals surface area contributed by atoms with Crippen molar-refractivity contribution in [3.63, 3.8) is 0 Å². The fraction of sp³-hybridized carbons (Fsp3) is 0.583. The first-order chi connectivity index (χ1) is 7.58. The Morgan fingerprint density at radius 2 is 2.25 bits per heavy atom. The van der Waals surface area contributed by atoms with Gasteiger partial charge in [-0.2, -0.15) is 0 Å². The van der Waals surface area contributed by atoms with Crippen LogP contribution < -0.4 is 5.32 Å². The Morgan fingerprint density at radius 3 is 2.81 bits per heavy atom. The van der Waals surface area contributed by atoms with Gasteiger partial charge in [-0.05, 0) is 19.8 Å². The summed E-state index contributed by atoms with van der Waals surface area (Å²) in [5, 5.41) is 21.8. The molecule has 0 aromatic rings. The number of hydrogen-bond donors (Lipinski definition) is 3. The van der Waals surface area contributed by atoms with Gasteiger partial charge in [0.05, 0.1) is 6.42 Å². The lowest BCUT2D eigenvalue weighted by Crippen LogP contribution is -2.48. The monoisotopic (exact) mass is 225 g/mol. The molecule has 1 aliphatic rings. The minimum atomic E-state index is -1.44. The van der Waals surface area contributed by atoms with Gasteiger partial charge >= 0.3 is 0 Å². The van der Waals surface area contributed by atoms with E-state index >= 15 is 0 Å². The fourth-order valence-corrected chi connectivity index (χ4v) is 1.68. The maximum absolute atomic E-state index is 11.0. The molecule has 16 heavy (non-hydrogen) atoms. The second-order valence-corrected chi connectivity index (χ2v) is 4.01. The summed E-state index contributed by atoms with van der Waals surface area (Å²) in [4.78, 5) is 11.0. The van der Waals surface area contributed by atoms with Gasteiger partial charge in [-0.15, -0.1) is 0 Å². The zero-order valence-corrected chi connectivity index (χ0v) is 9.52. The van der Waals surface area contributed by atoms with Crippen LogP contribution in [0, 0.1) is 0 Å². The van der Waals surface area contributed by atoms with Crippen LogP contribution >= 0.6 is 0 Å². The minimum Gasteiger partial charge on any atom is -0.388 e. The first-order valence-electron chi connectivity index (χ1n) is 5.56. The van der Waals surface area contributed by atoms with E-state index in [1.807, 2.05) is 31.2 Å². The third-order valence-corrected chi connectivity index (χ3v) is 2.65. The van der Waals surface area contributed by atoms with E-state index in [-0.39, 0.29) is 12.3 Å². The molecule has 4 heteroatoms. The summed E-state index contributed by atoms with van der Waals surface area (Å²) >= 11 is 0. The van der Waals surface area contributed by atoms with Crippen molar-refractivity contribution in [3.8, 4) is 0 Å². The van der Waals surface area contributed by atoms with E-state index in [4.69, 9.17) is 0 Å². The van der Waals surface area contributed by atoms with Crippen molar-refractivity contribution in [1.82, 2.24) is 5.32 Å². The van der Waals surface area contributed by atoms with E-state index in [2.05, 4.69) is 5.32 Å². The number of carbonyl (C=O) groups is 1. The molecule has 1 saturated heterocycles. The summed E-state index contributed by atoms with van der Waals surface area (Å²) in [5.74, 6) is -0.298. The molecule has 1 amide bonds. The van der Waals surface area contributed by atoms with E-state index in [0.29, 0.717) is 12.8 Å². The Bertz CT molecular complexity index is 299. The molecule has 0 spiro atoms. The number of aliphatic hydroxyl groups is 2. The molecule has 0 radical (unpaired) electrons. The number of nitrogens with one attached hydrogen (secondary N) is 1. The average Bonchev–Trinajstić information content (AvgIpc) is 2.47. The van der Waals surface area contributed by atoms with Crippen LogP contribution in [-0.4, -0.2) is 27.9 Å². The number of amides is 1. The van der Waals surface area contributed by atoms with E-state index in [1.54, 1.807) is 0 Å². The van der Waals surface area contributed by atoms with Crippen LogP contribution in [-0.2, 0) is 4.79 Å². The third-order valence-electron chi connectivity index (χ3n) is 2.65. The molecule has 3 N–H and O–H groups in total. The second kappa shape index (κ2) is 5.82. The lowest BCUT2D eigenvalue weighted by Gasteiger charge is -2.25.